The molecule has 10 heavy (non-hydrogen) atoms. The van der Waals surface area contributed by atoms with Gasteiger partial charge < -0.3 is 10.2 Å². The molecule has 0 atom stereocenters. The average Bonchev–Trinajstić information content (AvgIpc) is 1.84. The Morgan fingerprint density at radius 1 is 1.10 bits per heavy atom. The van der Waals surface area contributed by atoms with Gasteiger partial charge >= 0.3 is 0 Å². The first-order valence-electron chi connectivity index (χ1n) is 2.97. The zero-order valence-corrected chi connectivity index (χ0v) is 5.92. The van der Waals surface area contributed by atoms with Gasteiger partial charge in [0.25, 0.3) is 0 Å². The summed E-state index contributed by atoms with van der Waals surface area (Å²) in [4.78, 5) is 3.87. The molecule has 1 heterocycles. The van der Waals surface area contributed by atoms with Crippen LogP contribution in [0.2, 0.25) is 0 Å². The number of pyridine rings is 1. The fourth-order valence-corrected chi connectivity index (χ4v) is 0.704. The molecule has 54 valence electrons. The quantitative estimate of drug-likeness (QED) is 0.566. The second kappa shape index (κ2) is 2.17. The van der Waals surface area contributed by atoms with Crippen molar-refractivity contribution in [3.05, 3.63) is 17.5 Å². The van der Waals surface area contributed by atoms with Gasteiger partial charge in [0.2, 0.25) is 0 Å². The van der Waals surface area contributed by atoms with Crippen LogP contribution in [-0.4, -0.2) is 15.2 Å². The van der Waals surface area contributed by atoms with Gasteiger partial charge in [-0.2, -0.15) is 0 Å². The largest absolute Gasteiger partial charge is 0.506 e. The highest BCUT2D eigenvalue weighted by Crippen LogP contribution is 2.22. The van der Waals surface area contributed by atoms with Crippen molar-refractivity contribution in [2.75, 3.05) is 0 Å². The van der Waals surface area contributed by atoms with Crippen molar-refractivity contribution < 1.29 is 10.2 Å². The summed E-state index contributed by atoms with van der Waals surface area (Å²) in [7, 11) is 0. The summed E-state index contributed by atoms with van der Waals surface area (Å²) in [6, 6.07) is 1.29. The maximum absolute atomic E-state index is 9.00. The van der Waals surface area contributed by atoms with Gasteiger partial charge in [0.1, 0.15) is 11.5 Å². The van der Waals surface area contributed by atoms with Crippen LogP contribution in [-0.2, 0) is 0 Å². The third kappa shape index (κ3) is 1.03. The van der Waals surface area contributed by atoms with E-state index in [-0.39, 0.29) is 11.5 Å². The van der Waals surface area contributed by atoms with E-state index in [2.05, 4.69) is 4.98 Å². The van der Waals surface area contributed by atoms with E-state index in [1.54, 1.807) is 13.8 Å². The summed E-state index contributed by atoms with van der Waals surface area (Å²) >= 11 is 0. The summed E-state index contributed by atoms with van der Waals surface area (Å²) in [5, 5.41) is 18.0. The molecule has 1 aromatic heterocycles. The Balaban J connectivity index is 3.28. The molecular weight excluding hydrogens is 130 g/mol. The van der Waals surface area contributed by atoms with E-state index in [9.17, 15) is 0 Å². The molecular formula is C7H9NO2. The monoisotopic (exact) mass is 139 g/mol. The van der Waals surface area contributed by atoms with Crippen molar-refractivity contribution in [3.63, 3.8) is 0 Å². The summed E-state index contributed by atoms with van der Waals surface area (Å²) < 4.78 is 0. The topological polar surface area (TPSA) is 53.4 Å². The summed E-state index contributed by atoms with van der Waals surface area (Å²) in [6.45, 7) is 3.36. The van der Waals surface area contributed by atoms with Crippen molar-refractivity contribution in [1.29, 1.82) is 0 Å². The lowest BCUT2D eigenvalue weighted by Crippen LogP contribution is -1.85. The van der Waals surface area contributed by atoms with Gasteiger partial charge in [0.05, 0.1) is 11.4 Å². The minimum atomic E-state index is 0.0306. The fraction of sp³-hybridized carbons (Fsp3) is 0.286. The summed E-state index contributed by atoms with van der Waals surface area (Å²) in [5.74, 6) is 0.0613. The summed E-state index contributed by atoms with van der Waals surface area (Å²) in [5.41, 5.74) is 1.07. The first kappa shape index (κ1) is 6.86. The molecule has 0 fully saturated rings. The maximum atomic E-state index is 9.00. The first-order chi connectivity index (χ1) is 4.61. The Bertz CT molecular complexity index is 208. The van der Waals surface area contributed by atoms with Crippen LogP contribution < -0.4 is 0 Å². The van der Waals surface area contributed by atoms with Crippen molar-refractivity contribution >= 4 is 0 Å². The van der Waals surface area contributed by atoms with E-state index >= 15 is 0 Å². The number of hydrogen-bond donors (Lipinski definition) is 2. The Labute approximate surface area is 59.0 Å². The van der Waals surface area contributed by atoms with Gasteiger partial charge in [-0.25, -0.2) is 0 Å². The Morgan fingerprint density at radius 2 is 1.50 bits per heavy atom. The molecule has 0 unspecified atom stereocenters. The molecule has 0 saturated heterocycles. The molecule has 1 rings (SSSR count). The Morgan fingerprint density at radius 3 is 1.80 bits per heavy atom. The third-order valence-electron chi connectivity index (χ3n) is 1.35. The molecule has 0 amide bonds. The second-order valence-corrected chi connectivity index (χ2v) is 2.20. The Hall–Kier alpha value is -1.25. The molecule has 3 heteroatoms. The molecule has 2 N–H and O–H groups in total. The first-order valence-corrected chi connectivity index (χ1v) is 2.97. The smallest absolute Gasteiger partial charge is 0.140 e. The Kier molecular flexibility index (Phi) is 1.49. The average molecular weight is 139 g/mol. The highest BCUT2D eigenvalue weighted by Gasteiger charge is 2.01. The molecule has 0 radical (unpaired) electrons. The molecule has 3 nitrogen and oxygen atoms in total. The number of hydrogen-bond acceptors (Lipinski definition) is 3. The highest BCUT2D eigenvalue weighted by atomic mass is 16.3. The molecule has 1 aromatic rings. The predicted octanol–water partition coefficient (Wildman–Crippen LogP) is 1.11. The van der Waals surface area contributed by atoms with Gasteiger partial charge in [-0.15, -0.1) is 0 Å². The number of rotatable bonds is 0. The minimum Gasteiger partial charge on any atom is -0.506 e. The third-order valence-corrected chi connectivity index (χ3v) is 1.35. The van der Waals surface area contributed by atoms with E-state index in [1.165, 1.54) is 6.07 Å². The lowest BCUT2D eigenvalue weighted by atomic mass is 10.3. The number of aromatic hydroxyl groups is 2. The lowest BCUT2D eigenvalue weighted by molar-refractivity contribution is 0.439. The van der Waals surface area contributed by atoms with Crippen LogP contribution in [0.4, 0.5) is 0 Å². The standard InChI is InChI=1S/C7H9NO2/c1-4-6(9)3-7(10)5(2)8-4/h3,9-10H,1-2H3. The summed E-state index contributed by atoms with van der Waals surface area (Å²) in [6.07, 6.45) is 0. The zero-order valence-electron chi connectivity index (χ0n) is 5.92. The molecule has 0 aliphatic carbocycles. The number of aromatic nitrogens is 1. The highest BCUT2D eigenvalue weighted by molar-refractivity contribution is 5.36. The lowest BCUT2D eigenvalue weighted by Gasteiger charge is -2.00. The van der Waals surface area contributed by atoms with E-state index in [0.29, 0.717) is 11.4 Å². The van der Waals surface area contributed by atoms with Gasteiger partial charge in [-0.1, -0.05) is 0 Å². The van der Waals surface area contributed by atoms with E-state index < -0.39 is 0 Å². The second-order valence-electron chi connectivity index (χ2n) is 2.20. The van der Waals surface area contributed by atoms with Crippen LogP contribution >= 0.6 is 0 Å². The SMILES string of the molecule is Cc1nc(C)c(O)cc1O. The molecule has 0 aliphatic rings. The molecule has 0 saturated carbocycles. The van der Waals surface area contributed by atoms with Crippen LogP contribution in [0.25, 0.3) is 0 Å². The van der Waals surface area contributed by atoms with Gasteiger partial charge in [-0.3, -0.25) is 4.98 Å². The van der Waals surface area contributed by atoms with Crippen molar-refractivity contribution in [2.24, 2.45) is 0 Å². The van der Waals surface area contributed by atoms with Crippen molar-refractivity contribution in [1.82, 2.24) is 4.98 Å². The molecule has 0 aliphatic heterocycles. The van der Waals surface area contributed by atoms with Crippen LogP contribution in [0, 0.1) is 13.8 Å². The molecule has 0 bridgehead atoms. The predicted molar refractivity (Wildman–Crippen MR) is 37.0 cm³/mol. The van der Waals surface area contributed by atoms with Crippen LogP contribution in [0.1, 0.15) is 11.4 Å². The van der Waals surface area contributed by atoms with Gasteiger partial charge in [0.15, 0.2) is 0 Å². The zero-order chi connectivity index (χ0) is 7.72. The number of aryl methyl sites for hydroxylation is 2. The normalized spacial score (nSPS) is 9.80. The van der Waals surface area contributed by atoms with Crippen molar-refractivity contribution in [3.8, 4) is 11.5 Å². The number of nitrogens with zero attached hydrogens (tertiary/aromatic N) is 1. The fourth-order valence-electron chi connectivity index (χ4n) is 0.704. The minimum absolute atomic E-state index is 0.0306. The van der Waals surface area contributed by atoms with E-state index in [1.807, 2.05) is 0 Å². The molecule has 0 aromatic carbocycles. The van der Waals surface area contributed by atoms with Crippen LogP contribution in [0.5, 0.6) is 11.5 Å². The van der Waals surface area contributed by atoms with Gasteiger partial charge in [0, 0.05) is 6.07 Å². The van der Waals surface area contributed by atoms with Crippen LogP contribution in [0.3, 0.4) is 0 Å². The van der Waals surface area contributed by atoms with Gasteiger partial charge in [-0.05, 0) is 13.8 Å². The maximum Gasteiger partial charge on any atom is 0.140 e. The van der Waals surface area contributed by atoms with Crippen molar-refractivity contribution in [2.45, 2.75) is 13.8 Å². The van der Waals surface area contributed by atoms with Crippen LogP contribution in [0.15, 0.2) is 6.07 Å². The molecule has 0 spiro atoms. The van der Waals surface area contributed by atoms with E-state index in [0.717, 1.165) is 0 Å². The van der Waals surface area contributed by atoms with E-state index in [4.69, 9.17) is 10.2 Å².